The third kappa shape index (κ3) is 6.12. The largest absolute Gasteiger partial charge is 0.158 e. The number of nitrogens with zero attached hydrogens (tertiary/aromatic N) is 2. The van der Waals surface area contributed by atoms with Gasteiger partial charge < -0.3 is 0 Å². The van der Waals surface area contributed by atoms with Crippen molar-refractivity contribution in [2.75, 3.05) is 0 Å². The average molecular weight is 220 g/mol. The molecule has 0 aliphatic carbocycles. The number of hydrogen-bond donors (Lipinski definition) is 0. The third-order valence-corrected chi connectivity index (χ3v) is 1.79. The molecule has 0 saturated heterocycles. The maximum Gasteiger partial charge on any atom is 0.0635 e. The summed E-state index contributed by atoms with van der Waals surface area (Å²) in [5.41, 5.74) is 3.24. The molecule has 0 N–H and O–H groups in total. The van der Waals surface area contributed by atoms with Gasteiger partial charge in [0.25, 0.3) is 0 Å². The molecule has 0 fully saturated rings. The summed E-state index contributed by atoms with van der Waals surface area (Å²) in [5.74, 6) is 0. The van der Waals surface area contributed by atoms with E-state index in [0.717, 1.165) is 11.3 Å². The maximum absolute atomic E-state index is 3.94. The summed E-state index contributed by atoms with van der Waals surface area (Å²) in [6.07, 6.45) is 7.37. The highest BCUT2D eigenvalue weighted by Crippen LogP contribution is 2.09. The van der Waals surface area contributed by atoms with Gasteiger partial charge in [-0.1, -0.05) is 52.5 Å². The fourth-order valence-corrected chi connectivity index (χ4v) is 0.898. The van der Waals surface area contributed by atoms with E-state index in [2.05, 4.69) is 16.8 Å². The van der Waals surface area contributed by atoms with Gasteiger partial charge in [0.05, 0.1) is 11.9 Å². The van der Waals surface area contributed by atoms with Crippen LogP contribution >= 0.6 is 0 Å². The van der Waals surface area contributed by atoms with Gasteiger partial charge in [-0.2, -0.15) is 10.2 Å². The molecule has 1 heterocycles. The topological polar surface area (TPSA) is 25.8 Å². The van der Waals surface area contributed by atoms with E-state index in [1.807, 2.05) is 53.7 Å². The number of rotatable bonds is 2. The fraction of sp³-hybridized carbons (Fsp3) is 0.429. The van der Waals surface area contributed by atoms with Gasteiger partial charge in [-0.3, -0.25) is 0 Å². The molecule has 1 rings (SSSR count). The number of hydrogen-bond acceptors (Lipinski definition) is 2. The van der Waals surface area contributed by atoms with Gasteiger partial charge in [0.1, 0.15) is 0 Å². The highest BCUT2D eigenvalue weighted by molar-refractivity contribution is 5.54. The third-order valence-electron chi connectivity index (χ3n) is 1.79. The summed E-state index contributed by atoms with van der Waals surface area (Å²) in [6.45, 7) is 15.6. The van der Waals surface area contributed by atoms with Crippen LogP contribution in [0.2, 0.25) is 0 Å². The van der Waals surface area contributed by atoms with Gasteiger partial charge >= 0.3 is 0 Å². The lowest BCUT2D eigenvalue weighted by Crippen LogP contribution is -1.92. The molecular weight excluding hydrogens is 196 g/mol. The Hall–Kier alpha value is -1.44. The monoisotopic (exact) mass is 220 g/mol. The van der Waals surface area contributed by atoms with E-state index >= 15 is 0 Å². The summed E-state index contributed by atoms with van der Waals surface area (Å²) < 4.78 is 0. The highest BCUT2D eigenvalue weighted by Gasteiger charge is 1.97. The van der Waals surface area contributed by atoms with Crippen LogP contribution in [0.4, 0.5) is 0 Å². The Morgan fingerprint density at radius 3 is 2.19 bits per heavy atom. The summed E-state index contributed by atoms with van der Waals surface area (Å²) in [4.78, 5) is 0. The van der Waals surface area contributed by atoms with Crippen molar-refractivity contribution in [2.45, 2.75) is 41.5 Å². The van der Waals surface area contributed by atoms with Crippen molar-refractivity contribution in [3.8, 4) is 0 Å². The standard InChI is InChI=1S/C10H12N2.2C2H6/c1-4-5-6-10-7-11-12-9(3)8(10)2;2*1-2/h4-7H,1H2,2-3H3;2*1-2H3/b6-5-;;. The van der Waals surface area contributed by atoms with Crippen LogP contribution in [0.15, 0.2) is 24.9 Å². The first-order valence-corrected chi connectivity index (χ1v) is 5.83. The normalized spacial score (nSPS) is 8.62. The second kappa shape index (κ2) is 11.6. The summed E-state index contributed by atoms with van der Waals surface area (Å²) in [5, 5.41) is 7.80. The Balaban J connectivity index is 0. The molecule has 0 bridgehead atoms. The van der Waals surface area contributed by atoms with Crippen molar-refractivity contribution >= 4 is 6.08 Å². The molecule has 1 aromatic rings. The van der Waals surface area contributed by atoms with Gasteiger partial charge in [-0.05, 0) is 25.0 Å². The zero-order valence-corrected chi connectivity index (χ0v) is 11.4. The van der Waals surface area contributed by atoms with Gasteiger partial charge in [-0.15, -0.1) is 0 Å². The quantitative estimate of drug-likeness (QED) is 0.693. The lowest BCUT2D eigenvalue weighted by atomic mass is 10.1. The second-order valence-corrected chi connectivity index (χ2v) is 2.61. The Kier molecular flexibility index (Phi) is 12.3. The fourth-order valence-electron chi connectivity index (χ4n) is 0.898. The minimum atomic E-state index is 0.973. The molecule has 1 aromatic heterocycles. The molecule has 0 spiro atoms. The van der Waals surface area contributed by atoms with E-state index in [0.29, 0.717) is 0 Å². The smallest absolute Gasteiger partial charge is 0.0635 e. The molecule has 90 valence electrons. The van der Waals surface area contributed by atoms with E-state index in [1.54, 1.807) is 12.3 Å². The van der Waals surface area contributed by atoms with Crippen molar-refractivity contribution in [1.82, 2.24) is 10.2 Å². The molecule has 0 unspecified atom stereocenters. The average Bonchev–Trinajstić information content (AvgIpc) is 2.36. The SMILES string of the molecule is C=C/C=C\c1cnnc(C)c1C.CC.CC. The molecule has 0 aromatic carbocycles. The molecule has 2 heteroatoms. The van der Waals surface area contributed by atoms with Crippen LogP contribution in [0.5, 0.6) is 0 Å². The van der Waals surface area contributed by atoms with Crippen LogP contribution in [-0.2, 0) is 0 Å². The van der Waals surface area contributed by atoms with Gasteiger partial charge in [0.15, 0.2) is 0 Å². The number of aromatic nitrogens is 2. The lowest BCUT2D eigenvalue weighted by Gasteiger charge is -2.00. The zero-order chi connectivity index (χ0) is 13.0. The summed E-state index contributed by atoms with van der Waals surface area (Å²) >= 11 is 0. The Bertz CT molecular complexity index is 315. The molecule has 0 amide bonds. The second-order valence-electron chi connectivity index (χ2n) is 2.61. The van der Waals surface area contributed by atoms with Crippen LogP contribution in [0.25, 0.3) is 6.08 Å². The molecular formula is C14H24N2. The van der Waals surface area contributed by atoms with E-state index in [9.17, 15) is 0 Å². The lowest BCUT2D eigenvalue weighted by molar-refractivity contribution is 0.957. The van der Waals surface area contributed by atoms with Crippen LogP contribution < -0.4 is 0 Å². The minimum absolute atomic E-state index is 0.973. The van der Waals surface area contributed by atoms with Gasteiger partial charge in [0, 0.05) is 0 Å². The Morgan fingerprint density at radius 2 is 1.69 bits per heavy atom. The van der Waals surface area contributed by atoms with E-state index in [1.165, 1.54) is 5.56 Å². The molecule has 2 nitrogen and oxygen atoms in total. The van der Waals surface area contributed by atoms with Gasteiger partial charge in [0.2, 0.25) is 0 Å². The van der Waals surface area contributed by atoms with Crippen molar-refractivity contribution < 1.29 is 0 Å². The number of aryl methyl sites for hydroxylation is 1. The predicted octanol–water partition coefficient (Wildman–Crippen LogP) is 4.35. The molecule has 0 aliphatic heterocycles. The Morgan fingerprint density at radius 1 is 1.12 bits per heavy atom. The number of allylic oxidation sites excluding steroid dienone is 2. The molecule has 0 aliphatic rings. The first-order valence-electron chi connectivity index (χ1n) is 5.83. The molecule has 0 radical (unpaired) electrons. The molecule has 0 saturated carbocycles. The van der Waals surface area contributed by atoms with Crippen LogP contribution in [0.1, 0.15) is 44.5 Å². The van der Waals surface area contributed by atoms with Crippen molar-refractivity contribution in [3.05, 3.63) is 41.7 Å². The van der Waals surface area contributed by atoms with Crippen LogP contribution in [-0.4, -0.2) is 10.2 Å². The first kappa shape index (κ1) is 17.0. The molecule has 0 atom stereocenters. The zero-order valence-electron chi connectivity index (χ0n) is 11.4. The van der Waals surface area contributed by atoms with Crippen molar-refractivity contribution in [3.63, 3.8) is 0 Å². The summed E-state index contributed by atoms with van der Waals surface area (Å²) in [6, 6.07) is 0. The minimum Gasteiger partial charge on any atom is -0.158 e. The first-order chi connectivity index (χ1) is 7.75. The van der Waals surface area contributed by atoms with E-state index in [4.69, 9.17) is 0 Å². The van der Waals surface area contributed by atoms with E-state index in [-0.39, 0.29) is 0 Å². The predicted molar refractivity (Wildman–Crippen MR) is 73.4 cm³/mol. The van der Waals surface area contributed by atoms with E-state index < -0.39 is 0 Å². The Labute approximate surface area is 100 Å². The van der Waals surface area contributed by atoms with Gasteiger partial charge in [-0.25, -0.2) is 0 Å². The van der Waals surface area contributed by atoms with Crippen molar-refractivity contribution in [1.29, 1.82) is 0 Å². The van der Waals surface area contributed by atoms with Crippen molar-refractivity contribution in [2.24, 2.45) is 0 Å². The molecule has 16 heavy (non-hydrogen) atoms. The van der Waals surface area contributed by atoms with Crippen LogP contribution in [0.3, 0.4) is 0 Å². The summed E-state index contributed by atoms with van der Waals surface area (Å²) in [7, 11) is 0. The van der Waals surface area contributed by atoms with Crippen LogP contribution in [0, 0.1) is 13.8 Å². The maximum atomic E-state index is 3.94. The highest BCUT2D eigenvalue weighted by atomic mass is 15.1.